The van der Waals surface area contributed by atoms with E-state index in [1.54, 1.807) is 13.8 Å². The second-order valence-electron chi connectivity index (χ2n) is 9.10. The number of ether oxygens (including phenoxy) is 1. The van der Waals surface area contributed by atoms with Gasteiger partial charge in [-0.3, -0.25) is 9.59 Å². The quantitative estimate of drug-likeness (QED) is 0.420. The zero-order chi connectivity index (χ0) is 25.9. The summed E-state index contributed by atoms with van der Waals surface area (Å²) in [5.74, 6) is -1.60. The number of nitrogens with zero attached hydrogens (tertiary/aromatic N) is 1. The van der Waals surface area contributed by atoms with Gasteiger partial charge in [-0.25, -0.2) is 8.42 Å². The Hall–Kier alpha value is -3.21. The van der Waals surface area contributed by atoms with Crippen molar-refractivity contribution in [2.45, 2.75) is 44.7 Å². The summed E-state index contributed by atoms with van der Waals surface area (Å²) in [6.45, 7) is 6.27. The molecule has 3 aromatic rings. The van der Waals surface area contributed by atoms with Crippen molar-refractivity contribution in [1.82, 2.24) is 19.9 Å². The Balaban J connectivity index is 1.35. The molecule has 0 radical (unpaired) electrons. The van der Waals surface area contributed by atoms with Crippen molar-refractivity contribution >= 4 is 32.7 Å². The number of nitrogens with one attached hydrogen (secondary N) is 3. The zero-order valence-corrected chi connectivity index (χ0v) is 21.6. The van der Waals surface area contributed by atoms with Crippen molar-refractivity contribution < 1.29 is 22.7 Å². The predicted octanol–water partition coefficient (Wildman–Crippen LogP) is 2.31. The average Bonchev–Trinajstić information content (AvgIpc) is 3.25. The SMILES string of the molecule is Cc1cc(C)c(S(=O)(=O)N2CCCO[C@@H]2CNC(=O)C(=O)NCCc2c[nH]c3ccccc23)c(C)c1. The molecule has 2 aromatic carbocycles. The first-order valence-corrected chi connectivity index (χ1v) is 13.4. The number of para-hydroxylation sites is 1. The van der Waals surface area contributed by atoms with Crippen LogP contribution in [0.5, 0.6) is 0 Å². The number of rotatable bonds is 7. The van der Waals surface area contributed by atoms with Crippen LogP contribution in [0.15, 0.2) is 47.5 Å². The van der Waals surface area contributed by atoms with Gasteiger partial charge in [-0.2, -0.15) is 4.31 Å². The fourth-order valence-electron chi connectivity index (χ4n) is 4.78. The topological polar surface area (TPSA) is 121 Å². The predicted molar refractivity (Wildman–Crippen MR) is 137 cm³/mol. The molecule has 1 aliphatic heterocycles. The van der Waals surface area contributed by atoms with E-state index in [1.807, 2.05) is 49.5 Å². The maximum Gasteiger partial charge on any atom is 0.309 e. The molecule has 2 amide bonds. The molecule has 2 heterocycles. The summed E-state index contributed by atoms with van der Waals surface area (Å²) in [5.41, 5.74) is 4.37. The molecular weight excluding hydrogens is 480 g/mol. The molecule has 1 fully saturated rings. The molecule has 1 atom stereocenters. The normalized spacial score (nSPS) is 16.7. The lowest BCUT2D eigenvalue weighted by atomic mass is 10.1. The summed E-state index contributed by atoms with van der Waals surface area (Å²) < 4.78 is 34.0. The molecule has 1 aliphatic rings. The molecule has 10 heteroatoms. The third kappa shape index (κ3) is 5.45. The minimum atomic E-state index is -3.86. The number of carbonyl (C=O) groups is 2. The van der Waals surface area contributed by atoms with Crippen LogP contribution in [0, 0.1) is 20.8 Å². The second-order valence-corrected chi connectivity index (χ2v) is 10.9. The number of aromatic amines is 1. The van der Waals surface area contributed by atoms with Gasteiger partial charge in [0.2, 0.25) is 10.0 Å². The summed E-state index contributed by atoms with van der Waals surface area (Å²) in [4.78, 5) is 28.2. The van der Waals surface area contributed by atoms with Gasteiger partial charge in [0, 0.05) is 30.2 Å². The molecule has 1 saturated heterocycles. The highest BCUT2D eigenvalue weighted by Gasteiger charge is 2.36. The standard InChI is InChI=1S/C26H32N4O5S/c1-17-13-18(2)24(19(3)14-17)36(33,34)30-11-6-12-35-23(30)16-29-26(32)25(31)27-10-9-20-15-28-22-8-5-4-7-21(20)22/h4-5,7-8,13-15,23,28H,6,9-12,16H2,1-3H3,(H,27,31)(H,29,32)/t23-/m1/s1. The molecule has 0 spiro atoms. The Labute approximate surface area is 211 Å². The number of H-pyrrole nitrogens is 1. The fraction of sp³-hybridized carbons (Fsp3) is 0.385. The van der Waals surface area contributed by atoms with Gasteiger partial charge in [-0.05, 0) is 56.4 Å². The number of amides is 2. The van der Waals surface area contributed by atoms with E-state index in [1.165, 1.54) is 4.31 Å². The van der Waals surface area contributed by atoms with E-state index in [0.29, 0.717) is 37.1 Å². The molecule has 1 aromatic heterocycles. The van der Waals surface area contributed by atoms with Crippen LogP contribution in [0.4, 0.5) is 0 Å². The van der Waals surface area contributed by atoms with Gasteiger partial charge in [0.05, 0.1) is 18.0 Å². The highest BCUT2D eigenvalue weighted by molar-refractivity contribution is 7.89. The van der Waals surface area contributed by atoms with Gasteiger partial charge in [0.15, 0.2) is 0 Å². The highest BCUT2D eigenvalue weighted by atomic mass is 32.2. The number of hydrogen-bond donors (Lipinski definition) is 3. The molecule has 0 aliphatic carbocycles. The van der Waals surface area contributed by atoms with Gasteiger partial charge < -0.3 is 20.4 Å². The van der Waals surface area contributed by atoms with Gasteiger partial charge in [0.1, 0.15) is 6.23 Å². The third-order valence-corrected chi connectivity index (χ3v) is 8.52. The Kier molecular flexibility index (Phi) is 7.77. The summed E-state index contributed by atoms with van der Waals surface area (Å²) in [7, 11) is -3.86. The number of hydrogen-bond acceptors (Lipinski definition) is 5. The molecule has 192 valence electrons. The van der Waals surface area contributed by atoms with Gasteiger partial charge in [0.25, 0.3) is 0 Å². The molecular formula is C26H32N4O5S. The first kappa shape index (κ1) is 25.9. The molecule has 9 nitrogen and oxygen atoms in total. The number of aromatic nitrogens is 1. The van der Waals surface area contributed by atoms with Gasteiger partial charge >= 0.3 is 11.8 Å². The number of benzene rings is 2. The maximum absolute atomic E-state index is 13.5. The number of sulfonamides is 1. The van der Waals surface area contributed by atoms with Crippen LogP contribution in [0.1, 0.15) is 28.7 Å². The number of fused-ring (bicyclic) bond motifs is 1. The lowest BCUT2D eigenvalue weighted by Crippen LogP contribution is -2.53. The molecule has 0 unspecified atom stereocenters. The third-order valence-electron chi connectivity index (χ3n) is 6.32. The molecule has 0 saturated carbocycles. The van der Waals surface area contributed by atoms with E-state index in [9.17, 15) is 18.0 Å². The molecule has 4 rings (SSSR count). The Morgan fingerprint density at radius 1 is 1.08 bits per heavy atom. The number of carbonyl (C=O) groups excluding carboxylic acids is 2. The van der Waals surface area contributed by atoms with Crippen LogP contribution in [0.3, 0.4) is 0 Å². The van der Waals surface area contributed by atoms with Gasteiger partial charge in [-0.15, -0.1) is 0 Å². The highest BCUT2D eigenvalue weighted by Crippen LogP contribution is 2.28. The van der Waals surface area contributed by atoms with E-state index in [4.69, 9.17) is 4.74 Å². The monoisotopic (exact) mass is 512 g/mol. The van der Waals surface area contributed by atoms with Crippen molar-refractivity contribution in [3.8, 4) is 0 Å². The van der Waals surface area contributed by atoms with Crippen LogP contribution in [0.2, 0.25) is 0 Å². The van der Waals surface area contributed by atoms with Crippen LogP contribution in [-0.4, -0.2) is 62.0 Å². The van der Waals surface area contributed by atoms with Crippen LogP contribution < -0.4 is 10.6 Å². The van der Waals surface area contributed by atoms with Crippen LogP contribution in [0.25, 0.3) is 10.9 Å². The zero-order valence-electron chi connectivity index (χ0n) is 20.8. The fourth-order valence-corrected chi connectivity index (χ4v) is 6.76. The summed E-state index contributed by atoms with van der Waals surface area (Å²) in [6, 6.07) is 11.5. The van der Waals surface area contributed by atoms with Crippen molar-refractivity contribution in [3.05, 3.63) is 64.8 Å². The second kappa shape index (κ2) is 10.8. The van der Waals surface area contributed by atoms with E-state index in [0.717, 1.165) is 22.0 Å². The van der Waals surface area contributed by atoms with Crippen LogP contribution in [-0.2, 0) is 30.8 Å². The molecule has 3 N–H and O–H groups in total. The average molecular weight is 513 g/mol. The lowest BCUT2D eigenvalue weighted by Gasteiger charge is -2.35. The Bertz CT molecular complexity index is 1360. The van der Waals surface area contributed by atoms with E-state index in [-0.39, 0.29) is 18.0 Å². The number of aryl methyl sites for hydroxylation is 3. The lowest BCUT2D eigenvalue weighted by molar-refractivity contribution is -0.140. The largest absolute Gasteiger partial charge is 0.361 e. The molecule has 36 heavy (non-hydrogen) atoms. The first-order chi connectivity index (χ1) is 17.2. The molecule has 0 bridgehead atoms. The minimum Gasteiger partial charge on any atom is -0.361 e. The summed E-state index contributed by atoms with van der Waals surface area (Å²) >= 11 is 0. The summed E-state index contributed by atoms with van der Waals surface area (Å²) in [5, 5.41) is 6.23. The van der Waals surface area contributed by atoms with E-state index in [2.05, 4.69) is 15.6 Å². The Morgan fingerprint density at radius 2 is 1.78 bits per heavy atom. The Morgan fingerprint density at radius 3 is 2.53 bits per heavy atom. The van der Waals surface area contributed by atoms with Gasteiger partial charge in [-0.1, -0.05) is 35.9 Å². The minimum absolute atomic E-state index is 0.127. The smallest absolute Gasteiger partial charge is 0.309 e. The van der Waals surface area contributed by atoms with Crippen molar-refractivity contribution in [2.75, 3.05) is 26.2 Å². The van der Waals surface area contributed by atoms with Crippen molar-refractivity contribution in [1.29, 1.82) is 0 Å². The van der Waals surface area contributed by atoms with E-state index >= 15 is 0 Å². The first-order valence-electron chi connectivity index (χ1n) is 12.0. The van der Waals surface area contributed by atoms with Crippen molar-refractivity contribution in [2.24, 2.45) is 0 Å². The van der Waals surface area contributed by atoms with E-state index < -0.39 is 28.1 Å². The van der Waals surface area contributed by atoms with Crippen LogP contribution >= 0.6 is 0 Å². The van der Waals surface area contributed by atoms with Crippen molar-refractivity contribution in [3.63, 3.8) is 0 Å². The summed E-state index contributed by atoms with van der Waals surface area (Å²) in [6.07, 6.45) is 2.11. The maximum atomic E-state index is 13.5.